The van der Waals surface area contributed by atoms with Gasteiger partial charge in [0, 0.05) is 38.3 Å². The van der Waals surface area contributed by atoms with Crippen molar-refractivity contribution in [2.45, 2.75) is 19.3 Å². The second kappa shape index (κ2) is 8.63. The Labute approximate surface area is 171 Å². The number of hydrogen-bond acceptors (Lipinski definition) is 5. The minimum Gasteiger partial charge on any atom is -0.365 e. The molecule has 3 N–H and O–H groups in total. The van der Waals surface area contributed by atoms with Crippen molar-refractivity contribution in [2.75, 3.05) is 44.2 Å². The molecule has 2 aliphatic heterocycles. The van der Waals surface area contributed by atoms with E-state index in [0.29, 0.717) is 43.5 Å². The van der Waals surface area contributed by atoms with Gasteiger partial charge in [-0.05, 0) is 49.9 Å². The number of amides is 2. The molecule has 27 heavy (non-hydrogen) atoms. The molecule has 3 fully saturated rings. The van der Waals surface area contributed by atoms with E-state index in [1.165, 1.54) is 0 Å². The Morgan fingerprint density at radius 3 is 2.44 bits per heavy atom. The van der Waals surface area contributed by atoms with Crippen LogP contribution in [0.25, 0.3) is 0 Å². The number of primary amides is 1. The Hall–Kier alpha value is -1.57. The molecule has 4 rings (SSSR count). The zero-order valence-corrected chi connectivity index (χ0v) is 16.9. The number of carbonyl (C=O) groups is 2. The van der Waals surface area contributed by atoms with Crippen LogP contribution >= 0.6 is 24.8 Å². The molecule has 1 aliphatic carbocycles. The molecule has 1 unspecified atom stereocenters. The van der Waals surface area contributed by atoms with Crippen molar-refractivity contribution in [3.8, 4) is 0 Å². The average molecular weight is 416 g/mol. The summed E-state index contributed by atoms with van der Waals surface area (Å²) in [4.78, 5) is 32.8. The number of anilines is 1. The predicted molar refractivity (Wildman–Crippen MR) is 109 cm³/mol. The minimum atomic E-state index is -0.465. The number of rotatable bonds is 3. The highest BCUT2D eigenvalue weighted by molar-refractivity contribution is 5.97. The summed E-state index contributed by atoms with van der Waals surface area (Å²) in [6.07, 6.45) is 4.97. The maximum atomic E-state index is 12.8. The van der Waals surface area contributed by atoms with Gasteiger partial charge < -0.3 is 20.9 Å². The highest BCUT2D eigenvalue weighted by Gasteiger charge is 2.58. The second-order valence-electron chi connectivity index (χ2n) is 7.42. The summed E-state index contributed by atoms with van der Waals surface area (Å²) in [5.41, 5.74) is 6.17. The SMILES string of the molecule is Cl.Cl.NC(=O)c1cccnc1N1CCN(C(=O)C2CC23CCNCC3)CC1. The number of nitrogens with two attached hydrogens (primary N) is 1. The van der Waals surface area contributed by atoms with Gasteiger partial charge in [0.05, 0.1) is 5.56 Å². The smallest absolute Gasteiger partial charge is 0.252 e. The summed E-state index contributed by atoms with van der Waals surface area (Å²) in [6.45, 7) is 4.80. The summed E-state index contributed by atoms with van der Waals surface area (Å²) in [7, 11) is 0. The van der Waals surface area contributed by atoms with Crippen LogP contribution in [0.1, 0.15) is 29.6 Å². The fraction of sp³-hybridized carbons (Fsp3) is 0.611. The summed E-state index contributed by atoms with van der Waals surface area (Å²) < 4.78 is 0. The standard InChI is InChI=1S/C18H25N5O2.2ClH/c19-15(24)13-2-1-5-21-16(13)22-8-10-23(11-9-22)17(25)14-12-18(14)3-6-20-7-4-18;;/h1-2,5,14,20H,3-4,6-12H2,(H2,19,24);2*1H. The van der Waals surface area contributed by atoms with E-state index in [0.717, 1.165) is 32.4 Å². The third-order valence-electron chi connectivity index (χ3n) is 6.03. The Bertz CT molecular complexity index is 688. The molecule has 2 saturated heterocycles. The van der Waals surface area contributed by atoms with Crippen LogP contribution in [0.4, 0.5) is 5.82 Å². The minimum absolute atomic E-state index is 0. The van der Waals surface area contributed by atoms with E-state index in [1.807, 2.05) is 4.90 Å². The first-order valence-corrected chi connectivity index (χ1v) is 9.10. The van der Waals surface area contributed by atoms with E-state index >= 15 is 0 Å². The molecule has 1 spiro atoms. The van der Waals surface area contributed by atoms with Crippen LogP contribution in [0.15, 0.2) is 18.3 Å². The molecule has 1 aromatic heterocycles. The third kappa shape index (κ3) is 4.15. The Morgan fingerprint density at radius 1 is 1.15 bits per heavy atom. The number of pyridine rings is 1. The summed E-state index contributed by atoms with van der Waals surface area (Å²) in [6, 6.07) is 3.42. The maximum absolute atomic E-state index is 12.8. The number of hydrogen-bond donors (Lipinski definition) is 2. The lowest BCUT2D eigenvalue weighted by molar-refractivity contribution is -0.133. The van der Waals surface area contributed by atoms with E-state index in [-0.39, 0.29) is 36.1 Å². The topological polar surface area (TPSA) is 91.6 Å². The van der Waals surface area contributed by atoms with Crippen molar-refractivity contribution in [2.24, 2.45) is 17.1 Å². The average Bonchev–Trinajstić information content (AvgIpc) is 3.34. The van der Waals surface area contributed by atoms with Crippen molar-refractivity contribution in [3.05, 3.63) is 23.9 Å². The molecule has 150 valence electrons. The zero-order chi connectivity index (χ0) is 17.4. The molecule has 3 aliphatic rings. The van der Waals surface area contributed by atoms with Crippen LogP contribution in [-0.2, 0) is 4.79 Å². The van der Waals surface area contributed by atoms with Crippen molar-refractivity contribution in [1.82, 2.24) is 15.2 Å². The quantitative estimate of drug-likeness (QED) is 0.769. The van der Waals surface area contributed by atoms with Gasteiger partial charge >= 0.3 is 0 Å². The van der Waals surface area contributed by atoms with Crippen LogP contribution in [0, 0.1) is 11.3 Å². The van der Waals surface area contributed by atoms with Crippen LogP contribution in [0.2, 0.25) is 0 Å². The molecular weight excluding hydrogens is 389 g/mol. The molecule has 1 aromatic rings. The van der Waals surface area contributed by atoms with Gasteiger partial charge in [-0.25, -0.2) is 4.98 Å². The number of carbonyl (C=O) groups excluding carboxylic acids is 2. The number of nitrogens with one attached hydrogen (secondary N) is 1. The van der Waals surface area contributed by atoms with E-state index in [2.05, 4.69) is 15.2 Å². The van der Waals surface area contributed by atoms with E-state index in [9.17, 15) is 9.59 Å². The first-order chi connectivity index (χ1) is 12.1. The fourth-order valence-electron chi connectivity index (χ4n) is 4.37. The van der Waals surface area contributed by atoms with Gasteiger partial charge in [0.1, 0.15) is 5.82 Å². The van der Waals surface area contributed by atoms with Crippen molar-refractivity contribution in [1.29, 1.82) is 0 Å². The Kier molecular flexibility index (Phi) is 6.94. The third-order valence-corrected chi connectivity index (χ3v) is 6.03. The number of aromatic nitrogens is 1. The monoisotopic (exact) mass is 415 g/mol. The number of piperazine rings is 1. The molecule has 0 aromatic carbocycles. The summed E-state index contributed by atoms with van der Waals surface area (Å²) in [5.74, 6) is 0.700. The fourth-order valence-corrected chi connectivity index (χ4v) is 4.37. The second-order valence-corrected chi connectivity index (χ2v) is 7.42. The lowest BCUT2D eigenvalue weighted by atomic mass is 9.91. The molecular formula is C18H27Cl2N5O2. The lowest BCUT2D eigenvalue weighted by Crippen LogP contribution is -2.50. The number of nitrogens with zero attached hydrogens (tertiary/aromatic N) is 3. The molecule has 2 amide bonds. The normalized spacial score (nSPS) is 23.2. The van der Waals surface area contributed by atoms with Gasteiger partial charge in [-0.15, -0.1) is 24.8 Å². The molecule has 1 atom stereocenters. The highest BCUT2D eigenvalue weighted by Crippen LogP contribution is 2.59. The Balaban J connectivity index is 0.00000131. The largest absolute Gasteiger partial charge is 0.365 e. The zero-order valence-electron chi connectivity index (χ0n) is 15.2. The van der Waals surface area contributed by atoms with Gasteiger partial charge in [0.15, 0.2) is 0 Å². The van der Waals surface area contributed by atoms with Gasteiger partial charge in [-0.1, -0.05) is 0 Å². The van der Waals surface area contributed by atoms with Crippen LogP contribution < -0.4 is 16.0 Å². The molecule has 7 nitrogen and oxygen atoms in total. The van der Waals surface area contributed by atoms with Crippen molar-refractivity contribution in [3.63, 3.8) is 0 Å². The molecule has 0 bridgehead atoms. The lowest BCUT2D eigenvalue weighted by Gasteiger charge is -2.36. The van der Waals surface area contributed by atoms with E-state index in [1.54, 1.807) is 18.3 Å². The molecule has 1 saturated carbocycles. The van der Waals surface area contributed by atoms with Gasteiger partial charge in [0.2, 0.25) is 5.91 Å². The molecule has 0 radical (unpaired) electrons. The van der Waals surface area contributed by atoms with Crippen molar-refractivity contribution < 1.29 is 9.59 Å². The summed E-state index contributed by atoms with van der Waals surface area (Å²) in [5, 5.41) is 3.38. The van der Waals surface area contributed by atoms with Crippen LogP contribution in [0.3, 0.4) is 0 Å². The highest BCUT2D eigenvalue weighted by atomic mass is 35.5. The summed E-state index contributed by atoms with van der Waals surface area (Å²) >= 11 is 0. The van der Waals surface area contributed by atoms with E-state index in [4.69, 9.17) is 5.73 Å². The van der Waals surface area contributed by atoms with Gasteiger partial charge in [0.25, 0.3) is 5.91 Å². The Morgan fingerprint density at radius 2 is 1.81 bits per heavy atom. The van der Waals surface area contributed by atoms with Gasteiger partial charge in [-0.3, -0.25) is 9.59 Å². The molecule has 3 heterocycles. The van der Waals surface area contributed by atoms with E-state index < -0.39 is 5.91 Å². The van der Waals surface area contributed by atoms with Crippen molar-refractivity contribution >= 4 is 42.4 Å². The first-order valence-electron chi connectivity index (χ1n) is 9.10. The maximum Gasteiger partial charge on any atom is 0.252 e. The van der Waals surface area contributed by atoms with Gasteiger partial charge in [-0.2, -0.15) is 0 Å². The van der Waals surface area contributed by atoms with Crippen LogP contribution in [-0.4, -0.2) is 61.0 Å². The molecule has 9 heteroatoms. The predicted octanol–water partition coefficient (Wildman–Crippen LogP) is 1.06. The first kappa shape index (κ1) is 21.7. The number of halogens is 2. The van der Waals surface area contributed by atoms with Crippen LogP contribution in [0.5, 0.6) is 0 Å². The number of piperidine rings is 1.